The zero-order chi connectivity index (χ0) is 16.1. The summed E-state index contributed by atoms with van der Waals surface area (Å²) in [6.07, 6.45) is 0. The summed E-state index contributed by atoms with van der Waals surface area (Å²) in [5.41, 5.74) is 0.156. The Morgan fingerprint density at radius 1 is 1.05 bits per heavy atom. The van der Waals surface area contributed by atoms with Gasteiger partial charge in [0.2, 0.25) is 5.78 Å². The van der Waals surface area contributed by atoms with Crippen LogP contribution >= 0.6 is 0 Å². The number of nitro groups is 1. The first-order valence-corrected chi connectivity index (χ1v) is 6.33. The smallest absolute Gasteiger partial charge is 0.322 e. The van der Waals surface area contributed by atoms with Crippen LogP contribution in [-0.4, -0.2) is 28.3 Å². The third kappa shape index (κ3) is 3.26. The van der Waals surface area contributed by atoms with Gasteiger partial charge in [0, 0.05) is 17.3 Å². The molecule has 0 spiro atoms. The summed E-state index contributed by atoms with van der Waals surface area (Å²) in [6, 6.07) is 11.9. The SMILES string of the molecule is O=C(O)CNc1ccccc1C(=O)c1ccccc1[N+](=O)[O-]. The molecule has 7 nitrogen and oxygen atoms in total. The van der Waals surface area contributed by atoms with Crippen molar-refractivity contribution in [1.29, 1.82) is 0 Å². The maximum absolute atomic E-state index is 12.5. The molecule has 0 bridgehead atoms. The normalized spacial score (nSPS) is 10.0. The number of aliphatic carboxylic acids is 1. The van der Waals surface area contributed by atoms with Crippen LogP contribution in [0.25, 0.3) is 0 Å². The molecule has 0 aliphatic rings. The van der Waals surface area contributed by atoms with E-state index in [2.05, 4.69) is 5.32 Å². The van der Waals surface area contributed by atoms with E-state index in [1.54, 1.807) is 18.2 Å². The van der Waals surface area contributed by atoms with Crippen LogP contribution in [0.1, 0.15) is 15.9 Å². The van der Waals surface area contributed by atoms with Gasteiger partial charge < -0.3 is 10.4 Å². The van der Waals surface area contributed by atoms with E-state index < -0.39 is 16.7 Å². The number of ketones is 1. The van der Waals surface area contributed by atoms with Crippen molar-refractivity contribution in [2.24, 2.45) is 0 Å². The first-order valence-electron chi connectivity index (χ1n) is 6.33. The lowest BCUT2D eigenvalue weighted by Gasteiger charge is -2.10. The molecule has 0 aromatic heterocycles. The molecule has 2 aromatic carbocycles. The summed E-state index contributed by atoms with van der Waals surface area (Å²) in [5.74, 6) is -1.62. The number of hydrogen-bond acceptors (Lipinski definition) is 5. The van der Waals surface area contributed by atoms with Gasteiger partial charge >= 0.3 is 5.97 Å². The fraction of sp³-hybridized carbons (Fsp3) is 0.0667. The van der Waals surface area contributed by atoms with Gasteiger partial charge in [0.1, 0.15) is 12.1 Å². The Morgan fingerprint density at radius 3 is 2.27 bits per heavy atom. The van der Waals surface area contributed by atoms with Crippen LogP contribution in [-0.2, 0) is 4.79 Å². The number of nitrogens with zero attached hydrogens (tertiary/aromatic N) is 1. The molecular formula is C15H12N2O5. The highest BCUT2D eigenvalue weighted by molar-refractivity contribution is 6.14. The Morgan fingerprint density at radius 2 is 1.64 bits per heavy atom. The first-order chi connectivity index (χ1) is 10.5. The highest BCUT2D eigenvalue weighted by atomic mass is 16.6. The number of rotatable bonds is 6. The predicted octanol–water partition coefficient (Wildman–Crippen LogP) is 2.32. The second-order valence-electron chi connectivity index (χ2n) is 4.40. The lowest BCUT2D eigenvalue weighted by Crippen LogP contribution is -2.15. The van der Waals surface area contributed by atoms with E-state index in [0.29, 0.717) is 5.69 Å². The standard InChI is InChI=1S/C15H12N2O5/c18-14(19)9-16-12-7-3-1-5-10(12)15(20)11-6-2-4-8-13(11)17(21)22/h1-8,16H,9H2,(H,18,19). The van der Waals surface area contributed by atoms with Crippen molar-refractivity contribution in [1.82, 2.24) is 0 Å². The van der Waals surface area contributed by atoms with Crippen molar-refractivity contribution < 1.29 is 19.6 Å². The van der Waals surface area contributed by atoms with Crippen molar-refractivity contribution in [3.8, 4) is 0 Å². The molecule has 0 aliphatic carbocycles. The number of carbonyl (C=O) groups is 2. The van der Waals surface area contributed by atoms with E-state index in [-0.39, 0.29) is 23.4 Å². The van der Waals surface area contributed by atoms with Crippen molar-refractivity contribution in [2.45, 2.75) is 0 Å². The van der Waals surface area contributed by atoms with E-state index in [1.165, 1.54) is 30.3 Å². The second-order valence-corrected chi connectivity index (χ2v) is 4.40. The molecule has 0 saturated heterocycles. The fourth-order valence-corrected chi connectivity index (χ4v) is 1.98. The molecule has 112 valence electrons. The van der Waals surface area contributed by atoms with Crippen LogP contribution in [0, 0.1) is 10.1 Å². The van der Waals surface area contributed by atoms with Gasteiger partial charge in [-0.25, -0.2) is 0 Å². The van der Waals surface area contributed by atoms with Crippen molar-refractivity contribution in [3.63, 3.8) is 0 Å². The average molecular weight is 300 g/mol. The van der Waals surface area contributed by atoms with Crippen LogP contribution in [0.2, 0.25) is 0 Å². The molecule has 2 aromatic rings. The van der Waals surface area contributed by atoms with Gasteiger partial charge in [0.05, 0.1) is 4.92 Å². The highest BCUT2D eigenvalue weighted by Crippen LogP contribution is 2.25. The van der Waals surface area contributed by atoms with Crippen molar-refractivity contribution >= 4 is 23.1 Å². The monoisotopic (exact) mass is 300 g/mol. The molecule has 0 radical (unpaired) electrons. The van der Waals surface area contributed by atoms with Crippen molar-refractivity contribution in [3.05, 3.63) is 69.8 Å². The van der Waals surface area contributed by atoms with Crippen molar-refractivity contribution in [2.75, 3.05) is 11.9 Å². The number of carboxylic acids is 1. The Hall–Kier alpha value is -3.22. The summed E-state index contributed by atoms with van der Waals surface area (Å²) >= 11 is 0. The molecule has 0 aliphatic heterocycles. The van der Waals surface area contributed by atoms with Gasteiger partial charge in [-0.3, -0.25) is 19.7 Å². The van der Waals surface area contributed by atoms with E-state index in [4.69, 9.17) is 5.11 Å². The van der Waals surface area contributed by atoms with Gasteiger partial charge in [-0.15, -0.1) is 0 Å². The molecule has 7 heteroatoms. The quantitative estimate of drug-likeness (QED) is 0.481. The van der Waals surface area contributed by atoms with E-state index in [0.717, 1.165) is 0 Å². The lowest BCUT2D eigenvalue weighted by atomic mass is 10.00. The van der Waals surface area contributed by atoms with Crippen LogP contribution in [0.5, 0.6) is 0 Å². The number of carboxylic acid groups (broad SMARTS) is 1. The molecule has 22 heavy (non-hydrogen) atoms. The summed E-state index contributed by atoms with van der Waals surface area (Å²) in [6.45, 7) is -0.360. The minimum absolute atomic E-state index is 0.0444. The number of carbonyl (C=O) groups excluding carboxylic acids is 1. The second kappa shape index (κ2) is 6.49. The molecular weight excluding hydrogens is 288 g/mol. The van der Waals surface area contributed by atoms with Gasteiger partial charge in [0.15, 0.2) is 0 Å². The average Bonchev–Trinajstić information content (AvgIpc) is 2.52. The zero-order valence-electron chi connectivity index (χ0n) is 11.4. The third-order valence-corrected chi connectivity index (χ3v) is 2.95. The number of anilines is 1. The molecule has 0 heterocycles. The van der Waals surface area contributed by atoms with Gasteiger partial charge in [-0.05, 0) is 18.2 Å². The minimum Gasteiger partial charge on any atom is -0.480 e. The minimum atomic E-state index is -1.08. The van der Waals surface area contributed by atoms with E-state index in [9.17, 15) is 19.7 Å². The van der Waals surface area contributed by atoms with Gasteiger partial charge in [-0.1, -0.05) is 24.3 Å². The molecule has 0 atom stereocenters. The maximum atomic E-state index is 12.5. The number of hydrogen-bond donors (Lipinski definition) is 2. The fourth-order valence-electron chi connectivity index (χ4n) is 1.98. The molecule has 0 fully saturated rings. The number of nitrogens with one attached hydrogen (secondary N) is 1. The first kappa shape index (κ1) is 15.2. The Labute approximate surface area is 125 Å². The predicted molar refractivity (Wildman–Crippen MR) is 79.1 cm³/mol. The van der Waals surface area contributed by atoms with Crippen LogP contribution < -0.4 is 5.32 Å². The topological polar surface area (TPSA) is 110 Å². The number of para-hydroxylation sites is 2. The molecule has 0 amide bonds. The summed E-state index contributed by atoms with van der Waals surface area (Å²) in [4.78, 5) is 33.6. The van der Waals surface area contributed by atoms with Gasteiger partial charge in [-0.2, -0.15) is 0 Å². The molecule has 0 unspecified atom stereocenters. The van der Waals surface area contributed by atoms with Crippen LogP contribution in [0.3, 0.4) is 0 Å². The molecule has 2 rings (SSSR count). The Bertz CT molecular complexity index is 742. The zero-order valence-corrected chi connectivity index (χ0v) is 11.4. The Kier molecular flexibility index (Phi) is 4.47. The summed E-state index contributed by atoms with van der Waals surface area (Å²) in [7, 11) is 0. The van der Waals surface area contributed by atoms with Crippen LogP contribution in [0.4, 0.5) is 11.4 Å². The lowest BCUT2D eigenvalue weighted by molar-refractivity contribution is -0.385. The third-order valence-electron chi connectivity index (χ3n) is 2.95. The van der Waals surface area contributed by atoms with Crippen LogP contribution in [0.15, 0.2) is 48.5 Å². The van der Waals surface area contributed by atoms with Gasteiger partial charge in [0.25, 0.3) is 5.69 Å². The largest absolute Gasteiger partial charge is 0.480 e. The Balaban J connectivity index is 2.42. The highest BCUT2D eigenvalue weighted by Gasteiger charge is 2.22. The summed E-state index contributed by atoms with van der Waals surface area (Å²) < 4.78 is 0. The molecule has 2 N–H and O–H groups in total. The summed E-state index contributed by atoms with van der Waals surface area (Å²) in [5, 5.41) is 22.3. The van der Waals surface area contributed by atoms with E-state index in [1.807, 2.05) is 0 Å². The number of benzene rings is 2. The number of nitro benzene ring substituents is 1. The molecule has 0 saturated carbocycles. The maximum Gasteiger partial charge on any atom is 0.322 e. The van der Waals surface area contributed by atoms with E-state index >= 15 is 0 Å².